The molecule has 1 aromatic rings. The lowest BCUT2D eigenvalue weighted by Gasteiger charge is -2.12. The van der Waals surface area contributed by atoms with Gasteiger partial charge in [-0.2, -0.15) is 0 Å². The van der Waals surface area contributed by atoms with Crippen LogP contribution in [0.15, 0.2) is 0 Å². The Labute approximate surface area is 79.4 Å². The van der Waals surface area contributed by atoms with Gasteiger partial charge in [0.05, 0.1) is 5.69 Å². The molecule has 1 aromatic heterocycles. The summed E-state index contributed by atoms with van der Waals surface area (Å²) in [6, 6.07) is 0. The third-order valence-electron chi connectivity index (χ3n) is 2.17. The van der Waals surface area contributed by atoms with Crippen LogP contribution in [0.4, 0.5) is 5.95 Å². The SMILES string of the molecule is Cc1nc(N(C)C)n(C)c1CCN. The summed E-state index contributed by atoms with van der Waals surface area (Å²) in [5, 5.41) is 0. The van der Waals surface area contributed by atoms with Gasteiger partial charge in [0.2, 0.25) is 5.95 Å². The van der Waals surface area contributed by atoms with Crippen molar-refractivity contribution in [3.8, 4) is 0 Å². The number of hydrogen-bond donors (Lipinski definition) is 1. The van der Waals surface area contributed by atoms with Gasteiger partial charge < -0.3 is 15.2 Å². The number of hydrogen-bond acceptors (Lipinski definition) is 3. The molecule has 0 radical (unpaired) electrons. The summed E-state index contributed by atoms with van der Waals surface area (Å²) in [5.41, 5.74) is 7.84. The van der Waals surface area contributed by atoms with E-state index in [-0.39, 0.29) is 0 Å². The monoisotopic (exact) mass is 182 g/mol. The zero-order chi connectivity index (χ0) is 10.0. The number of imidazole rings is 1. The maximum Gasteiger partial charge on any atom is 0.205 e. The molecule has 1 heterocycles. The van der Waals surface area contributed by atoms with E-state index in [0.717, 1.165) is 18.1 Å². The molecule has 13 heavy (non-hydrogen) atoms. The Morgan fingerprint density at radius 3 is 2.46 bits per heavy atom. The largest absolute Gasteiger partial charge is 0.348 e. The fourth-order valence-corrected chi connectivity index (χ4v) is 1.54. The van der Waals surface area contributed by atoms with Crippen molar-refractivity contribution in [3.63, 3.8) is 0 Å². The summed E-state index contributed by atoms with van der Waals surface area (Å²) in [4.78, 5) is 6.47. The topological polar surface area (TPSA) is 47.1 Å². The van der Waals surface area contributed by atoms with E-state index in [1.54, 1.807) is 0 Å². The van der Waals surface area contributed by atoms with Crippen molar-refractivity contribution < 1.29 is 0 Å². The molecule has 0 amide bonds. The second kappa shape index (κ2) is 3.79. The predicted molar refractivity (Wildman–Crippen MR) is 55.0 cm³/mol. The number of anilines is 1. The van der Waals surface area contributed by atoms with Gasteiger partial charge in [-0.3, -0.25) is 0 Å². The van der Waals surface area contributed by atoms with Crippen molar-refractivity contribution in [3.05, 3.63) is 11.4 Å². The molecule has 0 spiro atoms. The van der Waals surface area contributed by atoms with E-state index >= 15 is 0 Å². The summed E-state index contributed by atoms with van der Waals surface area (Å²) >= 11 is 0. The first kappa shape index (κ1) is 10.1. The fraction of sp³-hybridized carbons (Fsp3) is 0.667. The Kier molecular flexibility index (Phi) is 2.93. The highest BCUT2D eigenvalue weighted by molar-refractivity contribution is 5.35. The Bertz CT molecular complexity index is 288. The van der Waals surface area contributed by atoms with Crippen LogP contribution in [0.3, 0.4) is 0 Å². The van der Waals surface area contributed by atoms with E-state index in [1.165, 1.54) is 5.69 Å². The van der Waals surface area contributed by atoms with Gasteiger partial charge in [0.25, 0.3) is 0 Å². The molecule has 4 heteroatoms. The minimum Gasteiger partial charge on any atom is -0.348 e. The summed E-state index contributed by atoms with van der Waals surface area (Å²) < 4.78 is 2.10. The Morgan fingerprint density at radius 1 is 1.46 bits per heavy atom. The Morgan fingerprint density at radius 2 is 2.08 bits per heavy atom. The normalized spacial score (nSPS) is 10.5. The van der Waals surface area contributed by atoms with Crippen LogP contribution in [0.1, 0.15) is 11.4 Å². The third kappa shape index (κ3) is 1.83. The van der Waals surface area contributed by atoms with Crippen molar-refractivity contribution in [1.82, 2.24) is 9.55 Å². The number of rotatable bonds is 3. The molecule has 0 saturated heterocycles. The molecule has 0 atom stereocenters. The first-order chi connectivity index (χ1) is 6.07. The van der Waals surface area contributed by atoms with Gasteiger partial charge in [0.15, 0.2) is 0 Å². The summed E-state index contributed by atoms with van der Waals surface area (Å²) in [5.74, 6) is 0.987. The molecular weight excluding hydrogens is 164 g/mol. The number of nitrogens with zero attached hydrogens (tertiary/aromatic N) is 3. The molecule has 0 aliphatic carbocycles. The lowest BCUT2D eigenvalue weighted by molar-refractivity contribution is 0.786. The van der Waals surface area contributed by atoms with Crippen molar-refractivity contribution >= 4 is 5.95 Å². The second-order valence-electron chi connectivity index (χ2n) is 3.44. The molecule has 0 saturated carbocycles. The van der Waals surface area contributed by atoms with Crippen LogP contribution in [0, 0.1) is 6.92 Å². The van der Waals surface area contributed by atoms with E-state index < -0.39 is 0 Å². The van der Waals surface area contributed by atoms with E-state index in [9.17, 15) is 0 Å². The fourth-order valence-electron chi connectivity index (χ4n) is 1.54. The van der Waals surface area contributed by atoms with Crippen molar-refractivity contribution in [2.24, 2.45) is 12.8 Å². The molecule has 0 bridgehead atoms. The second-order valence-corrected chi connectivity index (χ2v) is 3.44. The summed E-state index contributed by atoms with van der Waals surface area (Å²) in [6.45, 7) is 2.70. The minimum atomic E-state index is 0.674. The van der Waals surface area contributed by atoms with Crippen LogP contribution < -0.4 is 10.6 Å². The van der Waals surface area contributed by atoms with Gasteiger partial charge in [-0.1, -0.05) is 0 Å². The highest BCUT2D eigenvalue weighted by Gasteiger charge is 2.11. The van der Waals surface area contributed by atoms with E-state index in [2.05, 4.69) is 9.55 Å². The average molecular weight is 182 g/mol. The van der Waals surface area contributed by atoms with Gasteiger partial charge in [-0.25, -0.2) is 4.98 Å². The van der Waals surface area contributed by atoms with Crippen LogP contribution >= 0.6 is 0 Å². The lowest BCUT2D eigenvalue weighted by Crippen LogP contribution is -2.15. The maximum absolute atomic E-state index is 5.53. The highest BCUT2D eigenvalue weighted by atomic mass is 15.3. The van der Waals surface area contributed by atoms with E-state index in [0.29, 0.717) is 6.54 Å². The van der Waals surface area contributed by atoms with Crippen LogP contribution in [0.5, 0.6) is 0 Å². The molecule has 4 nitrogen and oxygen atoms in total. The van der Waals surface area contributed by atoms with Crippen LogP contribution in [-0.4, -0.2) is 30.2 Å². The van der Waals surface area contributed by atoms with Crippen LogP contribution in [0.2, 0.25) is 0 Å². The summed E-state index contributed by atoms with van der Waals surface area (Å²) in [7, 11) is 6.02. The summed E-state index contributed by atoms with van der Waals surface area (Å²) in [6.07, 6.45) is 0.892. The van der Waals surface area contributed by atoms with Crippen LogP contribution in [0.25, 0.3) is 0 Å². The molecular formula is C9H18N4. The number of nitrogens with two attached hydrogens (primary N) is 1. The van der Waals surface area contributed by atoms with Crippen molar-refractivity contribution in [2.75, 3.05) is 25.5 Å². The van der Waals surface area contributed by atoms with Gasteiger partial charge in [0, 0.05) is 33.3 Å². The number of aromatic nitrogens is 2. The molecule has 0 aliphatic heterocycles. The van der Waals surface area contributed by atoms with E-state index in [4.69, 9.17) is 5.73 Å². The van der Waals surface area contributed by atoms with Crippen molar-refractivity contribution in [1.29, 1.82) is 0 Å². The zero-order valence-electron chi connectivity index (χ0n) is 8.83. The Balaban J connectivity index is 3.07. The predicted octanol–water partition coefficient (Wildman–Crippen LogP) is 0.296. The van der Waals surface area contributed by atoms with Gasteiger partial charge in [-0.15, -0.1) is 0 Å². The smallest absolute Gasteiger partial charge is 0.205 e. The first-order valence-electron chi connectivity index (χ1n) is 4.47. The quantitative estimate of drug-likeness (QED) is 0.731. The van der Waals surface area contributed by atoms with Gasteiger partial charge >= 0.3 is 0 Å². The maximum atomic E-state index is 5.53. The highest BCUT2D eigenvalue weighted by Crippen LogP contribution is 2.15. The lowest BCUT2D eigenvalue weighted by atomic mass is 10.2. The first-order valence-corrected chi connectivity index (χ1v) is 4.47. The number of aryl methyl sites for hydroxylation is 1. The van der Waals surface area contributed by atoms with Gasteiger partial charge in [0.1, 0.15) is 0 Å². The van der Waals surface area contributed by atoms with Gasteiger partial charge in [-0.05, 0) is 13.5 Å². The average Bonchev–Trinajstić information content (AvgIpc) is 2.32. The molecule has 0 unspecified atom stereocenters. The molecule has 74 valence electrons. The van der Waals surface area contributed by atoms with Crippen molar-refractivity contribution in [2.45, 2.75) is 13.3 Å². The van der Waals surface area contributed by atoms with E-state index in [1.807, 2.05) is 33.0 Å². The minimum absolute atomic E-state index is 0.674. The molecule has 2 N–H and O–H groups in total. The third-order valence-corrected chi connectivity index (χ3v) is 2.17. The molecule has 0 fully saturated rings. The van der Waals surface area contributed by atoms with Crippen LogP contribution in [-0.2, 0) is 13.5 Å². The standard InChI is InChI=1S/C9H18N4/c1-7-8(5-6-10)13(4)9(11-7)12(2)3/h5-6,10H2,1-4H3. The molecule has 0 aromatic carbocycles. The molecule has 1 rings (SSSR count). The Hall–Kier alpha value is -1.03. The molecule has 0 aliphatic rings. The zero-order valence-corrected chi connectivity index (χ0v) is 8.83.